The maximum atomic E-state index is 6.22. The monoisotopic (exact) mass is 394 g/mol. The number of rotatable bonds is 6. The normalized spacial score (nSPS) is 10.8. The Labute approximate surface area is 160 Å². The number of nitrogen functional groups attached to an aromatic ring is 1. The molecule has 2 aromatic carbocycles. The van der Waals surface area contributed by atoms with Crippen molar-refractivity contribution in [2.24, 2.45) is 0 Å². The number of thioether (sulfide) groups is 1. The van der Waals surface area contributed by atoms with E-state index in [0.29, 0.717) is 38.9 Å². The summed E-state index contributed by atoms with van der Waals surface area (Å²) in [6, 6.07) is 13.0. The highest BCUT2D eigenvalue weighted by Crippen LogP contribution is 2.32. The van der Waals surface area contributed by atoms with Crippen LogP contribution in [0.5, 0.6) is 5.75 Å². The zero-order chi connectivity index (χ0) is 17.8. The molecule has 0 radical (unpaired) electrons. The van der Waals surface area contributed by atoms with Gasteiger partial charge in [-0.2, -0.15) is 0 Å². The molecule has 0 amide bonds. The molecule has 0 fully saturated rings. The van der Waals surface area contributed by atoms with Crippen LogP contribution in [0.1, 0.15) is 12.5 Å². The van der Waals surface area contributed by atoms with Crippen molar-refractivity contribution in [3.63, 3.8) is 0 Å². The SMILES string of the molecule is CCOc1ccccc1CSc1nnc(-c2cc(Cl)ccc2Cl)n1N. The molecule has 130 valence electrons. The quantitative estimate of drug-likeness (QED) is 0.486. The van der Waals surface area contributed by atoms with Crippen LogP contribution >= 0.6 is 35.0 Å². The van der Waals surface area contributed by atoms with Gasteiger partial charge in [0.05, 0.1) is 11.6 Å². The molecule has 0 aliphatic heterocycles. The number of nitrogens with zero attached hydrogens (tertiary/aromatic N) is 3. The van der Waals surface area contributed by atoms with Gasteiger partial charge in [-0.3, -0.25) is 0 Å². The van der Waals surface area contributed by atoms with Crippen LogP contribution in [0.2, 0.25) is 10.0 Å². The number of hydrogen-bond donors (Lipinski definition) is 1. The van der Waals surface area contributed by atoms with E-state index in [1.807, 2.05) is 31.2 Å². The third kappa shape index (κ3) is 4.03. The topological polar surface area (TPSA) is 66.0 Å². The number of aromatic nitrogens is 3. The van der Waals surface area contributed by atoms with Crippen LogP contribution < -0.4 is 10.6 Å². The Kier molecular flexibility index (Phi) is 5.73. The highest BCUT2D eigenvalue weighted by molar-refractivity contribution is 7.98. The van der Waals surface area contributed by atoms with E-state index in [-0.39, 0.29) is 0 Å². The lowest BCUT2D eigenvalue weighted by Crippen LogP contribution is -2.11. The fourth-order valence-corrected chi connectivity index (χ4v) is 3.51. The molecule has 0 spiro atoms. The first-order chi connectivity index (χ1) is 12.1. The van der Waals surface area contributed by atoms with E-state index in [1.165, 1.54) is 16.4 Å². The molecule has 3 aromatic rings. The first-order valence-corrected chi connectivity index (χ1v) is 9.33. The van der Waals surface area contributed by atoms with Crippen molar-refractivity contribution in [3.05, 3.63) is 58.1 Å². The summed E-state index contributed by atoms with van der Waals surface area (Å²) in [5, 5.41) is 9.97. The van der Waals surface area contributed by atoms with Crippen LogP contribution in [0.4, 0.5) is 0 Å². The standard InChI is InChI=1S/C17H16Cl2N4OS/c1-2-24-15-6-4-3-5-11(15)10-25-17-22-21-16(23(17)20)13-9-12(18)7-8-14(13)19/h3-9H,2,10,20H2,1H3. The van der Waals surface area contributed by atoms with Gasteiger partial charge in [0, 0.05) is 21.9 Å². The molecular formula is C17H16Cl2N4OS. The Balaban J connectivity index is 1.82. The Hall–Kier alpha value is -1.89. The third-order valence-corrected chi connectivity index (χ3v) is 5.02. The number of nitrogens with two attached hydrogens (primary N) is 1. The van der Waals surface area contributed by atoms with Gasteiger partial charge in [-0.15, -0.1) is 10.2 Å². The van der Waals surface area contributed by atoms with Crippen molar-refractivity contribution in [2.45, 2.75) is 17.8 Å². The molecule has 0 saturated carbocycles. The Morgan fingerprint density at radius 2 is 1.96 bits per heavy atom. The van der Waals surface area contributed by atoms with Crippen molar-refractivity contribution < 1.29 is 4.74 Å². The minimum atomic E-state index is 0.466. The fourth-order valence-electron chi connectivity index (χ4n) is 2.29. The van der Waals surface area contributed by atoms with Crippen LogP contribution in [0.15, 0.2) is 47.6 Å². The Morgan fingerprint density at radius 1 is 1.16 bits per heavy atom. The minimum Gasteiger partial charge on any atom is -0.494 e. The smallest absolute Gasteiger partial charge is 0.210 e. The second-order valence-corrected chi connectivity index (χ2v) is 6.92. The summed E-state index contributed by atoms with van der Waals surface area (Å²) in [7, 11) is 0. The zero-order valence-corrected chi connectivity index (χ0v) is 15.8. The van der Waals surface area contributed by atoms with Gasteiger partial charge in [-0.25, -0.2) is 4.68 Å². The van der Waals surface area contributed by atoms with Crippen LogP contribution in [0.25, 0.3) is 11.4 Å². The van der Waals surface area contributed by atoms with Gasteiger partial charge < -0.3 is 10.6 Å². The molecule has 3 rings (SSSR count). The molecule has 0 saturated heterocycles. The molecule has 0 aliphatic rings. The summed E-state index contributed by atoms with van der Waals surface area (Å²) in [6.45, 7) is 2.58. The lowest BCUT2D eigenvalue weighted by atomic mass is 10.2. The molecule has 1 aromatic heterocycles. The van der Waals surface area contributed by atoms with Crippen molar-refractivity contribution in [3.8, 4) is 17.1 Å². The van der Waals surface area contributed by atoms with Crippen LogP contribution in [-0.4, -0.2) is 21.5 Å². The second kappa shape index (κ2) is 7.99. The van der Waals surface area contributed by atoms with Gasteiger partial charge >= 0.3 is 0 Å². The van der Waals surface area contributed by atoms with E-state index in [9.17, 15) is 0 Å². The average molecular weight is 395 g/mol. The molecule has 0 atom stereocenters. The van der Waals surface area contributed by atoms with Crippen molar-refractivity contribution in [1.82, 2.24) is 14.9 Å². The van der Waals surface area contributed by atoms with Gasteiger partial charge in [0.2, 0.25) is 5.16 Å². The molecule has 5 nitrogen and oxygen atoms in total. The van der Waals surface area contributed by atoms with Crippen molar-refractivity contribution >= 4 is 35.0 Å². The number of para-hydroxylation sites is 1. The number of benzene rings is 2. The maximum absolute atomic E-state index is 6.22. The van der Waals surface area contributed by atoms with Crippen molar-refractivity contribution in [1.29, 1.82) is 0 Å². The molecule has 0 aliphatic carbocycles. The zero-order valence-electron chi connectivity index (χ0n) is 13.4. The van der Waals surface area contributed by atoms with E-state index < -0.39 is 0 Å². The highest BCUT2D eigenvalue weighted by Gasteiger charge is 2.16. The fraction of sp³-hybridized carbons (Fsp3) is 0.176. The van der Waals surface area contributed by atoms with Crippen LogP contribution in [0, 0.1) is 0 Å². The van der Waals surface area contributed by atoms with Gasteiger partial charge in [0.15, 0.2) is 5.82 Å². The van der Waals surface area contributed by atoms with E-state index >= 15 is 0 Å². The summed E-state index contributed by atoms with van der Waals surface area (Å²) in [6.07, 6.45) is 0. The largest absolute Gasteiger partial charge is 0.494 e. The van der Waals surface area contributed by atoms with Crippen molar-refractivity contribution in [2.75, 3.05) is 12.4 Å². The molecular weight excluding hydrogens is 379 g/mol. The Morgan fingerprint density at radius 3 is 2.76 bits per heavy atom. The minimum absolute atomic E-state index is 0.466. The van der Waals surface area contributed by atoms with Gasteiger partial charge in [0.1, 0.15) is 5.75 Å². The first-order valence-electron chi connectivity index (χ1n) is 7.59. The molecule has 25 heavy (non-hydrogen) atoms. The average Bonchev–Trinajstić information content (AvgIpc) is 2.97. The lowest BCUT2D eigenvalue weighted by Gasteiger charge is -2.09. The summed E-state index contributed by atoms with van der Waals surface area (Å²) in [5.74, 6) is 8.14. The summed E-state index contributed by atoms with van der Waals surface area (Å²) >= 11 is 13.7. The first kappa shape index (κ1) is 17.9. The number of hydrogen-bond acceptors (Lipinski definition) is 5. The molecule has 1 heterocycles. The predicted octanol–water partition coefficient (Wildman–Crippen LogP) is 4.66. The third-order valence-electron chi connectivity index (χ3n) is 3.46. The molecule has 2 N–H and O–H groups in total. The predicted molar refractivity (Wildman–Crippen MR) is 103 cm³/mol. The number of halogens is 2. The number of ether oxygens (including phenoxy) is 1. The van der Waals surface area contributed by atoms with E-state index in [1.54, 1.807) is 18.2 Å². The lowest BCUT2D eigenvalue weighted by molar-refractivity contribution is 0.337. The summed E-state index contributed by atoms with van der Waals surface area (Å²) in [4.78, 5) is 0. The van der Waals surface area contributed by atoms with E-state index in [2.05, 4.69) is 10.2 Å². The molecule has 0 unspecified atom stereocenters. The van der Waals surface area contributed by atoms with Crippen LogP contribution in [-0.2, 0) is 5.75 Å². The van der Waals surface area contributed by atoms with Crippen LogP contribution in [0.3, 0.4) is 0 Å². The van der Waals surface area contributed by atoms with E-state index in [0.717, 1.165) is 11.3 Å². The Bertz CT molecular complexity index is 885. The summed E-state index contributed by atoms with van der Waals surface area (Å²) in [5.41, 5.74) is 1.71. The van der Waals surface area contributed by atoms with Gasteiger partial charge in [-0.05, 0) is 31.2 Å². The maximum Gasteiger partial charge on any atom is 0.210 e. The molecule has 8 heteroatoms. The van der Waals surface area contributed by atoms with Gasteiger partial charge in [-0.1, -0.05) is 53.2 Å². The summed E-state index contributed by atoms with van der Waals surface area (Å²) < 4.78 is 7.06. The highest BCUT2D eigenvalue weighted by atomic mass is 35.5. The van der Waals surface area contributed by atoms with E-state index in [4.69, 9.17) is 33.8 Å². The van der Waals surface area contributed by atoms with Gasteiger partial charge in [0.25, 0.3) is 0 Å². The molecule has 0 bridgehead atoms. The second-order valence-electron chi connectivity index (χ2n) is 5.13.